The van der Waals surface area contributed by atoms with Crippen molar-refractivity contribution in [3.63, 3.8) is 0 Å². The van der Waals surface area contributed by atoms with E-state index in [9.17, 15) is 13.9 Å². The molecule has 1 aromatic carbocycles. The highest BCUT2D eigenvalue weighted by Gasteiger charge is 2.46. The maximum absolute atomic E-state index is 13.8. The molecule has 2 N–H and O–H groups in total. The summed E-state index contributed by atoms with van der Waals surface area (Å²) in [6.45, 7) is 2.40. The molecule has 0 spiro atoms. The number of halogens is 2. The molecule has 190 valence electrons. The van der Waals surface area contributed by atoms with Crippen molar-refractivity contribution in [2.24, 2.45) is 11.3 Å². The Labute approximate surface area is 210 Å². The van der Waals surface area contributed by atoms with Crippen LogP contribution in [0, 0.1) is 23.0 Å². The third kappa shape index (κ3) is 4.92. The number of aliphatic hydroxyl groups excluding tert-OH is 1. The van der Waals surface area contributed by atoms with Crippen molar-refractivity contribution in [1.82, 2.24) is 15.3 Å². The number of methoxy groups -OCH3 is 1. The second-order valence-corrected chi connectivity index (χ2v) is 9.93. The molecule has 8 heteroatoms. The van der Waals surface area contributed by atoms with E-state index in [0.717, 1.165) is 67.6 Å². The standard InChI is InChI=1S/C28H32F2N4O2/c1-36-26-7-6-24-27(33-26)25(9-13-32-24)34-14-10-20-16-22(8-11-28(20,17-34)18-35)31-12-2-3-19-15-21(29)4-5-23(19)30/h2-7,9,13,15,20,22,31,35H,8,10-12,14,16-18H2,1H3/b3-2+/t20-,22-,28+/m1/s1. The van der Waals surface area contributed by atoms with E-state index in [4.69, 9.17) is 4.74 Å². The summed E-state index contributed by atoms with van der Waals surface area (Å²) in [5.74, 6) is 0.0904. The number of aromatic nitrogens is 2. The van der Waals surface area contributed by atoms with E-state index in [2.05, 4.69) is 20.2 Å². The number of anilines is 1. The van der Waals surface area contributed by atoms with Gasteiger partial charge in [-0.25, -0.2) is 13.8 Å². The van der Waals surface area contributed by atoms with Gasteiger partial charge in [-0.15, -0.1) is 0 Å². The van der Waals surface area contributed by atoms with Gasteiger partial charge in [-0.3, -0.25) is 4.98 Å². The summed E-state index contributed by atoms with van der Waals surface area (Å²) < 4.78 is 32.5. The van der Waals surface area contributed by atoms with Crippen LogP contribution in [0.4, 0.5) is 14.5 Å². The highest BCUT2D eigenvalue weighted by molar-refractivity contribution is 5.88. The van der Waals surface area contributed by atoms with Gasteiger partial charge in [-0.2, -0.15) is 0 Å². The van der Waals surface area contributed by atoms with Gasteiger partial charge in [0.05, 0.1) is 24.9 Å². The van der Waals surface area contributed by atoms with Gasteiger partial charge >= 0.3 is 0 Å². The lowest BCUT2D eigenvalue weighted by Gasteiger charge is -2.52. The fourth-order valence-corrected chi connectivity index (χ4v) is 5.85. The van der Waals surface area contributed by atoms with E-state index >= 15 is 0 Å². The molecule has 2 aliphatic rings. The maximum atomic E-state index is 13.8. The van der Waals surface area contributed by atoms with E-state index in [1.165, 1.54) is 6.07 Å². The minimum absolute atomic E-state index is 0.152. The van der Waals surface area contributed by atoms with Crippen molar-refractivity contribution < 1.29 is 18.6 Å². The Kier molecular flexibility index (Phi) is 7.16. The van der Waals surface area contributed by atoms with E-state index in [0.29, 0.717) is 24.4 Å². The van der Waals surface area contributed by atoms with Crippen LogP contribution < -0.4 is 15.0 Å². The molecule has 0 unspecified atom stereocenters. The Morgan fingerprint density at radius 1 is 1.22 bits per heavy atom. The van der Waals surface area contributed by atoms with Gasteiger partial charge in [0.2, 0.25) is 5.88 Å². The molecule has 2 aromatic heterocycles. The average molecular weight is 495 g/mol. The van der Waals surface area contributed by atoms with Crippen LogP contribution in [0.3, 0.4) is 0 Å². The van der Waals surface area contributed by atoms with Gasteiger partial charge in [-0.05, 0) is 61.9 Å². The zero-order chi connectivity index (χ0) is 25.1. The first-order valence-electron chi connectivity index (χ1n) is 12.5. The molecule has 0 bridgehead atoms. The third-order valence-electron chi connectivity index (χ3n) is 7.86. The summed E-state index contributed by atoms with van der Waals surface area (Å²) >= 11 is 0. The predicted octanol–water partition coefficient (Wildman–Crippen LogP) is 4.58. The maximum Gasteiger partial charge on any atom is 0.213 e. The summed E-state index contributed by atoms with van der Waals surface area (Å²) in [7, 11) is 1.61. The van der Waals surface area contributed by atoms with Gasteiger partial charge in [0.1, 0.15) is 17.2 Å². The predicted molar refractivity (Wildman–Crippen MR) is 137 cm³/mol. The number of aliphatic hydroxyl groups is 1. The van der Waals surface area contributed by atoms with Gasteiger partial charge < -0.3 is 20.1 Å². The van der Waals surface area contributed by atoms with Crippen LogP contribution in [0.5, 0.6) is 5.88 Å². The fraction of sp³-hybridized carbons (Fsp3) is 0.429. The van der Waals surface area contributed by atoms with Gasteiger partial charge in [0.15, 0.2) is 0 Å². The van der Waals surface area contributed by atoms with Crippen molar-refractivity contribution in [3.05, 3.63) is 65.9 Å². The highest BCUT2D eigenvalue weighted by atomic mass is 19.1. The summed E-state index contributed by atoms with van der Waals surface area (Å²) in [6, 6.07) is 9.54. The van der Waals surface area contributed by atoms with E-state index in [1.807, 2.05) is 30.5 Å². The number of benzene rings is 1. The molecular weight excluding hydrogens is 462 g/mol. The van der Waals surface area contributed by atoms with Crippen LogP contribution in [0.15, 0.2) is 48.7 Å². The van der Waals surface area contributed by atoms with Crippen LogP contribution in [0.1, 0.15) is 31.2 Å². The fourth-order valence-electron chi connectivity index (χ4n) is 5.85. The van der Waals surface area contributed by atoms with Crippen molar-refractivity contribution in [3.8, 4) is 5.88 Å². The number of hydrogen-bond acceptors (Lipinski definition) is 6. The number of ether oxygens (including phenoxy) is 1. The van der Waals surface area contributed by atoms with Crippen LogP contribution >= 0.6 is 0 Å². The van der Waals surface area contributed by atoms with Crippen molar-refractivity contribution in [1.29, 1.82) is 0 Å². The van der Waals surface area contributed by atoms with Gasteiger partial charge in [-0.1, -0.05) is 12.2 Å². The number of nitrogens with zero attached hydrogens (tertiary/aromatic N) is 3. The molecule has 1 saturated carbocycles. The third-order valence-corrected chi connectivity index (χ3v) is 7.86. The second kappa shape index (κ2) is 10.5. The first-order chi connectivity index (χ1) is 17.5. The van der Waals surface area contributed by atoms with E-state index < -0.39 is 11.6 Å². The van der Waals surface area contributed by atoms with Gasteiger partial charge in [0, 0.05) is 48.9 Å². The minimum atomic E-state index is -0.447. The summed E-state index contributed by atoms with van der Waals surface area (Å²) in [5.41, 5.74) is 2.77. The monoisotopic (exact) mass is 494 g/mol. The molecule has 6 nitrogen and oxygen atoms in total. The van der Waals surface area contributed by atoms with Crippen molar-refractivity contribution >= 4 is 22.8 Å². The molecule has 36 heavy (non-hydrogen) atoms. The minimum Gasteiger partial charge on any atom is -0.481 e. The molecule has 1 aliphatic heterocycles. The number of nitrogens with one attached hydrogen (secondary N) is 1. The van der Waals surface area contributed by atoms with Crippen molar-refractivity contribution in [2.45, 2.75) is 31.7 Å². The van der Waals surface area contributed by atoms with Crippen LogP contribution in [-0.2, 0) is 0 Å². The van der Waals surface area contributed by atoms with Gasteiger partial charge in [0.25, 0.3) is 0 Å². The molecule has 1 aliphatic carbocycles. The molecule has 0 radical (unpaired) electrons. The first kappa shape index (κ1) is 24.6. The largest absolute Gasteiger partial charge is 0.481 e. The molecule has 2 fully saturated rings. The number of piperidine rings is 1. The van der Waals surface area contributed by atoms with Crippen LogP contribution in [-0.4, -0.2) is 54.5 Å². The lowest BCUT2D eigenvalue weighted by atomic mass is 9.62. The Morgan fingerprint density at radius 3 is 2.94 bits per heavy atom. The molecule has 0 amide bonds. The SMILES string of the molecule is COc1ccc2nccc(N3CC[C@@H]4C[C@H](NC/C=C/c5cc(F)ccc5F)CC[C@@]4(CO)C3)c2n1. The zero-order valence-corrected chi connectivity index (χ0v) is 20.5. The Morgan fingerprint density at radius 2 is 2.11 bits per heavy atom. The molecule has 1 saturated heterocycles. The smallest absolute Gasteiger partial charge is 0.213 e. The Balaban J connectivity index is 1.24. The average Bonchev–Trinajstić information content (AvgIpc) is 2.91. The zero-order valence-electron chi connectivity index (χ0n) is 20.5. The second-order valence-electron chi connectivity index (χ2n) is 9.93. The number of fused-ring (bicyclic) bond motifs is 2. The summed E-state index contributed by atoms with van der Waals surface area (Å²) in [4.78, 5) is 11.5. The normalized spacial score (nSPS) is 24.3. The van der Waals surface area contributed by atoms with E-state index in [-0.39, 0.29) is 17.6 Å². The van der Waals surface area contributed by atoms with Crippen LogP contribution in [0.25, 0.3) is 17.1 Å². The number of rotatable bonds is 7. The van der Waals surface area contributed by atoms with E-state index in [1.54, 1.807) is 13.2 Å². The lowest BCUT2D eigenvalue weighted by Crippen LogP contribution is -2.55. The number of pyridine rings is 2. The molecule has 3 atom stereocenters. The summed E-state index contributed by atoms with van der Waals surface area (Å²) in [5, 5.41) is 14.1. The Bertz CT molecular complexity index is 1250. The number of hydrogen-bond donors (Lipinski definition) is 2. The highest BCUT2D eigenvalue weighted by Crippen LogP contribution is 2.47. The molecule has 5 rings (SSSR count). The molecule has 3 aromatic rings. The summed E-state index contributed by atoms with van der Waals surface area (Å²) in [6.07, 6.45) is 9.11. The molecular formula is C28H32F2N4O2. The molecule has 3 heterocycles. The van der Waals surface area contributed by atoms with Crippen molar-refractivity contribution in [2.75, 3.05) is 38.3 Å². The first-order valence-corrected chi connectivity index (χ1v) is 12.5. The topological polar surface area (TPSA) is 70.5 Å². The quantitative estimate of drug-likeness (QED) is 0.501. The lowest BCUT2D eigenvalue weighted by molar-refractivity contribution is 0.00193. The Hall–Kier alpha value is -3.10. The van der Waals surface area contributed by atoms with Crippen LogP contribution in [0.2, 0.25) is 0 Å².